The summed E-state index contributed by atoms with van der Waals surface area (Å²) in [7, 11) is 0. The van der Waals surface area contributed by atoms with E-state index in [-0.39, 0.29) is 17.5 Å². The van der Waals surface area contributed by atoms with Crippen LogP contribution in [0.5, 0.6) is 0 Å². The molecule has 0 heterocycles. The summed E-state index contributed by atoms with van der Waals surface area (Å²) in [6.45, 7) is 3.46. The molecule has 0 aromatic heterocycles. The third-order valence-corrected chi connectivity index (χ3v) is 1.19. The summed E-state index contributed by atoms with van der Waals surface area (Å²) < 4.78 is 42.6. The summed E-state index contributed by atoms with van der Waals surface area (Å²) >= 11 is 0. The van der Waals surface area contributed by atoms with Gasteiger partial charge in [-0.2, -0.15) is 0 Å². The van der Waals surface area contributed by atoms with Crippen LogP contribution in [0.4, 0.5) is 4.39 Å². The average Bonchev–Trinajstić information content (AvgIpc) is 2.11. The number of hydrogen-bond donors (Lipinski definition) is 0. The lowest BCUT2D eigenvalue weighted by Gasteiger charge is -2.02. The summed E-state index contributed by atoms with van der Waals surface area (Å²) in [5, 5.41) is 0. The van der Waals surface area contributed by atoms with Gasteiger partial charge in [-0.05, 0) is 23.6 Å². The normalized spacial score (nSPS) is 16.0. The molecule has 0 atom stereocenters. The van der Waals surface area contributed by atoms with Crippen LogP contribution in [-0.4, -0.2) is 0 Å². The summed E-state index contributed by atoms with van der Waals surface area (Å²) in [5.41, 5.74) is 0.198. The second kappa shape index (κ2) is 2.82. The molecule has 0 fully saturated rings. The molecule has 0 saturated heterocycles. The Morgan fingerprint density at radius 1 is 1.50 bits per heavy atom. The number of halogens is 1. The quantitative estimate of drug-likeness (QED) is 0.565. The maximum Gasteiger partial charge on any atom is 0.123 e. The van der Waals surface area contributed by atoms with Crippen molar-refractivity contribution in [3.05, 3.63) is 35.6 Å². The fraction of sp³-hybridized carbons (Fsp3) is 0.333. The van der Waals surface area contributed by atoms with E-state index in [1.807, 2.05) is 0 Å². The molecular formula is C9H11F. The lowest BCUT2D eigenvalue weighted by Crippen LogP contribution is -1.86. The molecule has 0 aliphatic rings. The van der Waals surface area contributed by atoms with Gasteiger partial charge in [-0.1, -0.05) is 25.9 Å². The Labute approximate surface area is 66.3 Å². The molecule has 0 aliphatic heterocycles. The van der Waals surface area contributed by atoms with Crippen LogP contribution in [0.25, 0.3) is 0 Å². The maximum absolute atomic E-state index is 13.2. The van der Waals surface area contributed by atoms with Gasteiger partial charge in [0.2, 0.25) is 0 Å². The molecule has 1 aromatic carbocycles. The van der Waals surface area contributed by atoms with Crippen molar-refractivity contribution in [1.82, 2.24) is 0 Å². The van der Waals surface area contributed by atoms with E-state index in [1.165, 1.54) is 0 Å². The molecule has 54 valence electrons. The fourth-order valence-corrected chi connectivity index (χ4v) is 0.623. The third kappa shape index (κ3) is 1.56. The van der Waals surface area contributed by atoms with Crippen molar-refractivity contribution in [2.24, 2.45) is 0 Å². The van der Waals surface area contributed by atoms with E-state index < -0.39 is 23.9 Å². The Balaban J connectivity index is 3.60. The third-order valence-electron chi connectivity index (χ3n) is 1.19. The van der Waals surface area contributed by atoms with Gasteiger partial charge in [-0.15, -0.1) is 0 Å². The van der Waals surface area contributed by atoms with Crippen molar-refractivity contribution in [3.63, 3.8) is 0 Å². The fourth-order valence-electron chi connectivity index (χ4n) is 0.623. The summed E-state index contributed by atoms with van der Waals surface area (Å²) in [4.78, 5) is 0. The molecular weight excluding hydrogens is 127 g/mol. The van der Waals surface area contributed by atoms with Crippen molar-refractivity contribution < 1.29 is 9.87 Å². The van der Waals surface area contributed by atoms with Crippen LogP contribution in [0.15, 0.2) is 24.2 Å². The van der Waals surface area contributed by atoms with Crippen molar-refractivity contribution in [1.29, 1.82) is 0 Å². The molecule has 0 nitrogen and oxygen atoms in total. The van der Waals surface area contributed by atoms with Gasteiger partial charge < -0.3 is 0 Å². The van der Waals surface area contributed by atoms with E-state index >= 15 is 0 Å². The van der Waals surface area contributed by atoms with Crippen LogP contribution in [0.1, 0.15) is 30.8 Å². The van der Waals surface area contributed by atoms with E-state index in [9.17, 15) is 4.39 Å². The Hall–Kier alpha value is -0.850. The van der Waals surface area contributed by atoms with E-state index in [0.717, 1.165) is 0 Å². The SMILES string of the molecule is [2H]c1c([2H])c(F)c([2H])c(C(C)C)c1[2H]. The average molecular weight is 142 g/mol. The van der Waals surface area contributed by atoms with E-state index in [0.29, 0.717) is 0 Å². The van der Waals surface area contributed by atoms with Crippen LogP contribution < -0.4 is 0 Å². The molecule has 0 radical (unpaired) electrons. The molecule has 0 bridgehead atoms. The van der Waals surface area contributed by atoms with Crippen molar-refractivity contribution in [3.8, 4) is 0 Å². The maximum atomic E-state index is 13.2. The lowest BCUT2D eigenvalue weighted by molar-refractivity contribution is 0.623. The minimum absolute atomic E-state index is 0.186. The van der Waals surface area contributed by atoms with Gasteiger partial charge in [0, 0.05) is 0 Å². The molecule has 10 heavy (non-hydrogen) atoms. The molecule has 0 N–H and O–H groups in total. The zero-order valence-electron chi connectivity index (χ0n) is 9.96. The van der Waals surface area contributed by atoms with E-state index in [2.05, 4.69) is 0 Å². The first-order chi connectivity index (χ1) is 6.37. The van der Waals surface area contributed by atoms with Crippen molar-refractivity contribution >= 4 is 0 Å². The van der Waals surface area contributed by atoms with Crippen LogP contribution in [-0.2, 0) is 0 Å². The molecule has 1 rings (SSSR count). The lowest BCUT2D eigenvalue weighted by atomic mass is 10.0. The Kier molecular flexibility index (Phi) is 0.992. The zero-order valence-corrected chi connectivity index (χ0v) is 5.96. The molecule has 1 aromatic rings. The van der Waals surface area contributed by atoms with Gasteiger partial charge in [0.1, 0.15) is 5.82 Å². The predicted molar refractivity (Wildman–Crippen MR) is 40.5 cm³/mol. The minimum atomic E-state index is -1.00. The second-order valence-corrected chi connectivity index (χ2v) is 2.38. The Morgan fingerprint density at radius 2 is 2.20 bits per heavy atom. The molecule has 1 heteroatoms. The van der Waals surface area contributed by atoms with Crippen LogP contribution in [0.2, 0.25) is 0 Å². The van der Waals surface area contributed by atoms with Gasteiger partial charge in [0.05, 0.1) is 5.48 Å². The Bertz CT molecular complexity index is 345. The first-order valence-electron chi connectivity index (χ1n) is 5.13. The van der Waals surface area contributed by atoms with Gasteiger partial charge in [0.15, 0.2) is 0 Å². The topological polar surface area (TPSA) is 0 Å². The number of benzene rings is 1. The highest BCUT2D eigenvalue weighted by Crippen LogP contribution is 2.14. The van der Waals surface area contributed by atoms with Gasteiger partial charge in [0.25, 0.3) is 0 Å². The summed E-state index contributed by atoms with van der Waals surface area (Å²) in [6.07, 6.45) is 0. The van der Waals surface area contributed by atoms with Crippen molar-refractivity contribution in [2.45, 2.75) is 19.8 Å². The van der Waals surface area contributed by atoms with Gasteiger partial charge in [-0.3, -0.25) is 0 Å². The van der Waals surface area contributed by atoms with Crippen LogP contribution >= 0.6 is 0 Å². The highest BCUT2D eigenvalue weighted by atomic mass is 19.1. The van der Waals surface area contributed by atoms with E-state index in [1.54, 1.807) is 13.8 Å². The number of rotatable bonds is 1. The molecule has 0 unspecified atom stereocenters. The van der Waals surface area contributed by atoms with Gasteiger partial charge in [-0.25, -0.2) is 4.39 Å². The highest BCUT2D eigenvalue weighted by molar-refractivity contribution is 5.19. The highest BCUT2D eigenvalue weighted by Gasteiger charge is 1.97. The zero-order chi connectivity index (χ0) is 11.0. The first-order valence-corrected chi connectivity index (χ1v) is 3.13. The molecule has 0 spiro atoms. The molecule has 0 aliphatic carbocycles. The second-order valence-electron chi connectivity index (χ2n) is 2.38. The molecule has 0 saturated carbocycles. The minimum Gasteiger partial charge on any atom is -0.207 e. The van der Waals surface area contributed by atoms with Gasteiger partial charge >= 0.3 is 0 Å². The standard InChI is InChI=1S/C9H11F/c1-7(2)8-4-3-5-9(10)6-8/h3-7H,1-2H3/i3D,4D,5D,6D. The predicted octanol–water partition coefficient (Wildman–Crippen LogP) is 2.95. The largest absolute Gasteiger partial charge is 0.207 e. The Morgan fingerprint density at radius 3 is 2.80 bits per heavy atom. The first kappa shape index (κ1) is 3.51. The number of hydrogen-bond acceptors (Lipinski definition) is 0. The monoisotopic (exact) mass is 142 g/mol. The van der Waals surface area contributed by atoms with Crippen LogP contribution in [0, 0.1) is 5.82 Å². The molecule has 0 amide bonds. The smallest absolute Gasteiger partial charge is 0.123 e. The summed E-state index contributed by atoms with van der Waals surface area (Å²) in [6, 6.07) is -1.74. The summed E-state index contributed by atoms with van der Waals surface area (Å²) in [5.74, 6) is -1.19. The van der Waals surface area contributed by atoms with Crippen LogP contribution in [0.3, 0.4) is 0 Å². The van der Waals surface area contributed by atoms with Crippen molar-refractivity contribution in [2.75, 3.05) is 0 Å². The van der Waals surface area contributed by atoms with E-state index in [4.69, 9.17) is 5.48 Å².